The molecule has 35 heavy (non-hydrogen) atoms. The predicted molar refractivity (Wildman–Crippen MR) is 139 cm³/mol. The normalized spacial score (nSPS) is 11.8. The van der Waals surface area contributed by atoms with E-state index >= 15 is 0 Å². The maximum Gasteiger partial charge on any atom is 0.251 e. The summed E-state index contributed by atoms with van der Waals surface area (Å²) in [6.45, 7) is 10.1. The Morgan fingerprint density at radius 2 is 1.77 bits per heavy atom. The number of sulfonamides is 1. The van der Waals surface area contributed by atoms with Gasteiger partial charge in [-0.15, -0.1) is 0 Å². The van der Waals surface area contributed by atoms with Gasteiger partial charge in [0.15, 0.2) is 10.8 Å². The summed E-state index contributed by atoms with van der Waals surface area (Å²) in [6, 6.07) is 6.00. The van der Waals surface area contributed by atoms with Crippen molar-refractivity contribution in [3.05, 3.63) is 36.0 Å². The van der Waals surface area contributed by atoms with Crippen LogP contribution in [0.5, 0.6) is 0 Å². The smallest absolute Gasteiger partial charge is 0.251 e. The Kier molecular flexibility index (Phi) is 9.47. The zero-order chi connectivity index (χ0) is 25.4. The molecule has 1 amide bonds. The molecule has 0 atom stereocenters. The van der Waals surface area contributed by atoms with Crippen LogP contribution < -0.4 is 10.6 Å². The minimum absolute atomic E-state index is 0.175. The summed E-state index contributed by atoms with van der Waals surface area (Å²) in [5.74, 6) is 1.34. The highest BCUT2D eigenvalue weighted by molar-refractivity contribution is 7.99. The molecule has 2 aromatic heterocycles. The van der Waals surface area contributed by atoms with Crippen molar-refractivity contribution in [3.8, 4) is 0 Å². The van der Waals surface area contributed by atoms with Gasteiger partial charge in [0.25, 0.3) is 5.91 Å². The van der Waals surface area contributed by atoms with Crippen LogP contribution in [0.1, 0.15) is 44.5 Å². The second-order valence-electron chi connectivity index (χ2n) is 7.69. The highest BCUT2D eigenvalue weighted by Crippen LogP contribution is 2.24. The first kappa shape index (κ1) is 26.9. The minimum atomic E-state index is -3.56. The molecule has 10 nitrogen and oxygen atoms in total. The Morgan fingerprint density at radius 3 is 2.40 bits per heavy atom. The summed E-state index contributed by atoms with van der Waals surface area (Å²) in [5, 5.41) is 12.2. The van der Waals surface area contributed by atoms with Crippen molar-refractivity contribution >= 4 is 44.5 Å². The molecule has 0 saturated carbocycles. The average molecular weight is 520 g/mol. The predicted octanol–water partition coefficient (Wildman–Crippen LogP) is 3.22. The number of aromatic nitrogens is 4. The molecule has 190 valence electrons. The Bertz CT molecular complexity index is 1240. The molecule has 2 N–H and O–H groups in total. The van der Waals surface area contributed by atoms with Crippen molar-refractivity contribution in [3.63, 3.8) is 0 Å². The molecule has 0 aliphatic heterocycles. The zero-order valence-electron chi connectivity index (χ0n) is 20.6. The van der Waals surface area contributed by atoms with Crippen LogP contribution in [-0.4, -0.2) is 70.3 Å². The maximum atomic E-state index is 12.6. The van der Waals surface area contributed by atoms with Crippen LogP contribution in [0.25, 0.3) is 11.0 Å². The molecule has 0 aliphatic carbocycles. The molecule has 0 aliphatic rings. The number of benzene rings is 1. The molecule has 3 rings (SSSR count). The van der Waals surface area contributed by atoms with E-state index in [2.05, 4.69) is 39.5 Å². The lowest BCUT2D eigenvalue weighted by Crippen LogP contribution is -2.31. The number of amides is 1. The van der Waals surface area contributed by atoms with Gasteiger partial charge in [0, 0.05) is 31.7 Å². The summed E-state index contributed by atoms with van der Waals surface area (Å²) >= 11 is 1.56. The average Bonchev–Trinajstić information content (AvgIpc) is 3.26. The fraction of sp³-hybridized carbons (Fsp3) is 0.478. The second-order valence-corrected chi connectivity index (χ2v) is 10.9. The Labute approximate surface area is 211 Å². The molecule has 12 heteroatoms. The Hall–Kier alpha value is -2.70. The monoisotopic (exact) mass is 519 g/mol. The fourth-order valence-electron chi connectivity index (χ4n) is 3.54. The van der Waals surface area contributed by atoms with Crippen LogP contribution in [0, 0.1) is 0 Å². The van der Waals surface area contributed by atoms with Gasteiger partial charge in [-0.05, 0) is 36.4 Å². The van der Waals surface area contributed by atoms with E-state index < -0.39 is 10.0 Å². The van der Waals surface area contributed by atoms with Gasteiger partial charge in [-0.2, -0.15) is 9.40 Å². The number of fused-ring (bicyclic) bond motifs is 1. The van der Waals surface area contributed by atoms with E-state index in [0.717, 1.165) is 35.6 Å². The summed E-state index contributed by atoms with van der Waals surface area (Å²) in [7, 11) is -3.56. The minimum Gasteiger partial charge on any atom is -0.369 e. The second kappa shape index (κ2) is 12.3. The van der Waals surface area contributed by atoms with Gasteiger partial charge in [0.1, 0.15) is 5.82 Å². The van der Waals surface area contributed by atoms with Crippen LogP contribution in [0.4, 0.5) is 5.82 Å². The zero-order valence-corrected chi connectivity index (χ0v) is 22.2. The third-order valence-corrected chi connectivity index (χ3v) is 8.15. The molecular formula is C23H33N7O3S2. The quantitative estimate of drug-likeness (QED) is 0.261. The molecule has 0 fully saturated rings. The third-order valence-electron chi connectivity index (χ3n) is 5.36. The highest BCUT2D eigenvalue weighted by Gasteiger charge is 2.21. The van der Waals surface area contributed by atoms with Gasteiger partial charge >= 0.3 is 0 Å². The number of carbonyl (C=O) groups is 1. The number of rotatable bonds is 13. The van der Waals surface area contributed by atoms with Crippen molar-refractivity contribution in [1.29, 1.82) is 0 Å². The van der Waals surface area contributed by atoms with E-state index in [1.54, 1.807) is 36.5 Å². The van der Waals surface area contributed by atoms with Gasteiger partial charge < -0.3 is 10.6 Å². The SMILES string of the molecule is CCCNc1nc(SCC)nc2c1cnn2CCNC(=O)c1ccc(S(=O)(=O)N(CC)CC)cc1. The summed E-state index contributed by atoms with van der Waals surface area (Å²) < 4.78 is 28.4. The van der Waals surface area contributed by atoms with E-state index in [9.17, 15) is 13.2 Å². The van der Waals surface area contributed by atoms with Crippen molar-refractivity contribution < 1.29 is 13.2 Å². The molecule has 0 bridgehead atoms. The fourth-order valence-corrected chi connectivity index (χ4v) is 5.56. The van der Waals surface area contributed by atoms with E-state index in [0.29, 0.717) is 36.9 Å². The van der Waals surface area contributed by atoms with Crippen molar-refractivity contribution in [2.45, 2.75) is 50.7 Å². The van der Waals surface area contributed by atoms with Gasteiger partial charge in [-0.3, -0.25) is 4.79 Å². The number of hydrogen-bond acceptors (Lipinski definition) is 8. The lowest BCUT2D eigenvalue weighted by molar-refractivity contribution is 0.0952. The van der Waals surface area contributed by atoms with Crippen LogP contribution in [-0.2, 0) is 16.6 Å². The highest BCUT2D eigenvalue weighted by atomic mass is 32.2. The van der Waals surface area contributed by atoms with Gasteiger partial charge in [-0.25, -0.2) is 23.1 Å². The summed E-state index contributed by atoms with van der Waals surface area (Å²) in [4.78, 5) is 22.0. The number of nitrogens with zero attached hydrogens (tertiary/aromatic N) is 5. The standard InChI is InChI=1S/C23H33N7O3S2/c1-5-13-24-20-19-16-26-30(21(19)28-23(27-20)34-8-4)15-14-25-22(31)17-9-11-18(12-10-17)35(32,33)29(6-2)7-3/h9-12,16H,5-8,13-15H2,1-4H3,(H,25,31)(H,24,27,28). The number of hydrogen-bond donors (Lipinski definition) is 2. The third kappa shape index (κ3) is 6.30. The maximum absolute atomic E-state index is 12.6. The van der Waals surface area contributed by atoms with Crippen LogP contribution in [0.15, 0.2) is 40.5 Å². The van der Waals surface area contributed by atoms with Crippen LogP contribution in [0.3, 0.4) is 0 Å². The molecule has 0 radical (unpaired) electrons. The van der Waals surface area contributed by atoms with Crippen molar-refractivity contribution in [1.82, 2.24) is 29.4 Å². The van der Waals surface area contributed by atoms with E-state index in [1.165, 1.54) is 28.6 Å². The van der Waals surface area contributed by atoms with Crippen molar-refractivity contribution in [2.75, 3.05) is 37.2 Å². The van der Waals surface area contributed by atoms with E-state index in [4.69, 9.17) is 0 Å². The van der Waals surface area contributed by atoms with Crippen LogP contribution in [0.2, 0.25) is 0 Å². The first-order valence-corrected chi connectivity index (χ1v) is 14.3. The molecule has 0 saturated heterocycles. The summed E-state index contributed by atoms with van der Waals surface area (Å²) in [6.07, 6.45) is 2.72. The molecule has 2 heterocycles. The lowest BCUT2D eigenvalue weighted by atomic mass is 10.2. The van der Waals surface area contributed by atoms with E-state index in [1.807, 2.05) is 0 Å². The van der Waals surface area contributed by atoms with Gasteiger partial charge in [0.05, 0.1) is 23.0 Å². The topological polar surface area (TPSA) is 122 Å². The number of anilines is 1. The first-order chi connectivity index (χ1) is 16.8. The summed E-state index contributed by atoms with van der Waals surface area (Å²) in [5.41, 5.74) is 1.11. The number of nitrogens with one attached hydrogen (secondary N) is 2. The largest absolute Gasteiger partial charge is 0.369 e. The molecule has 0 spiro atoms. The van der Waals surface area contributed by atoms with Gasteiger partial charge in [0.2, 0.25) is 10.0 Å². The van der Waals surface area contributed by atoms with Crippen molar-refractivity contribution in [2.24, 2.45) is 0 Å². The van der Waals surface area contributed by atoms with Crippen LogP contribution >= 0.6 is 11.8 Å². The Morgan fingerprint density at radius 1 is 1.06 bits per heavy atom. The molecular weight excluding hydrogens is 486 g/mol. The number of thioether (sulfide) groups is 1. The molecule has 0 unspecified atom stereocenters. The first-order valence-electron chi connectivity index (χ1n) is 11.8. The Balaban J connectivity index is 1.68. The lowest BCUT2D eigenvalue weighted by Gasteiger charge is -2.18. The number of carbonyl (C=O) groups excluding carboxylic acids is 1. The molecule has 3 aromatic rings. The molecule has 1 aromatic carbocycles. The van der Waals surface area contributed by atoms with E-state index in [-0.39, 0.29) is 10.8 Å². The van der Waals surface area contributed by atoms with Gasteiger partial charge in [-0.1, -0.05) is 39.5 Å².